The third-order valence-corrected chi connectivity index (χ3v) is 3.36. The normalized spacial score (nSPS) is 15.7. The van der Waals surface area contributed by atoms with Crippen LogP contribution in [0.1, 0.15) is 46.7 Å². The van der Waals surface area contributed by atoms with E-state index in [9.17, 15) is 0 Å². The number of hydrogen-bond acceptors (Lipinski definition) is 1. The zero-order chi connectivity index (χ0) is 11.5. The predicted molar refractivity (Wildman–Crippen MR) is 65.9 cm³/mol. The number of nitrogens with zero attached hydrogens (tertiary/aromatic N) is 1. The molecule has 1 heteroatoms. The fourth-order valence-electron chi connectivity index (χ4n) is 2.18. The molecule has 0 bridgehead atoms. The second-order valence-corrected chi connectivity index (χ2v) is 5.39. The molecule has 84 valence electrons. The van der Waals surface area contributed by atoms with Crippen molar-refractivity contribution < 1.29 is 0 Å². The lowest BCUT2D eigenvalue weighted by atomic mass is 9.71. The van der Waals surface area contributed by atoms with E-state index in [1.54, 1.807) is 0 Å². The van der Waals surface area contributed by atoms with Crippen LogP contribution in [-0.4, -0.2) is 4.98 Å². The van der Waals surface area contributed by atoms with Crippen molar-refractivity contribution in [3.8, 4) is 0 Å². The largest absolute Gasteiger partial charge is 0.261 e. The fourth-order valence-corrected chi connectivity index (χ4v) is 2.18. The average Bonchev–Trinajstić information content (AvgIpc) is 2.17. The lowest BCUT2D eigenvalue weighted by Crippen LogP contribution is -2.31. The van der Waals surface area contributed by atoms with Crippen molar-refractivity contribution in [2.75, 3.05) is 0 Å². The molecule has 1 aromatic rings. The predicted octanol–water partition coefficient (Wildman–Crippen LogP) is 4.04. The molecular weight excluding hydrogens is 182 g/mol. The van der Waals surface area contributed by atoms with Crippen molar-refractivity contribution in [3.63, 3.8) is 0 Å². The third kappa shape index (κ3) is 2.80. The Morgan fingerprint density at radius 3 is 2.27 bits per heavy atom. The van der Waals surface area contributed by atoms with Crippen LogP contribution < -0.4 is 0 Å². The van der Waals surface area contributed by atoms with Gasteiger partial charge in [0.15, 0.2) is 0 Å². The van der Waals surface area contributed by atoms with Crippen LogP contribution in [0.15, 0.2) is 24.4 Å². The van der Waals surface area contributed by atoms with Crippen molar-refractivity contribution in [3.05, 3.63) is 30.1 Å². The Morgan fingerprint density at radius 2 is 1.87 bits per heavy atom. The molecule has 0 aliphatic rings. The molecule has 0 aromatic carbocycles. The Hall–Kier alpha value is -0.850. The second kappa shape index (κ2) is 4.78. The highest BCUT2D eigenvalue weighted by Gasteiger charge is 2.32. The summed E-state index contributed by atoms with van der Waals surface area (Å²) in [7, 11) is 0. The Kier molecular flexibility index (Phi) is 3.90. The van der Waals surface area contributed by atoms with Crippen LogP contribution in [0.4, 0.5) is 0 Å². The highest BCUT2D eigenvalue weighted by Crippen LogP contribution is 2.36. The molecular formula is C14H23N. The first kappa shape index (κ1) is 12.2. The van der Waals surface area contributed by atoms with Crippen molar-refractivity contribution in [2.45, 2.75) is 46.5 Å². The highest BCUT2D eigenvalue weighted by molar-refractivity contribution is 5.16. The molecule has 0 saturated heterocycles. The minimum Gasteiger partial charge on any atom is -0.261 e. The lowest BCUT2D eigenvalue weighted by Gasteiger charge is -2.35. The van der Waals surface area contributed by atoms with Crippen LogP contribution in [0, 0.1) is 11.8 Å². The third-order valence-electron chi connectivity index (χ3n) is 3.36. The van der Waals surface area contributed by atoms with E-state index in [-0.39, 0.29) is 5.41 Å². The van der Waals surface area contributed by atoms with Gasteiger partial charge in [-0.2, -0.15) is 0 Å². The van der Waals surface area contributed by atoms with Gasteiger partial charge in [0.05, 0.1) is 0 Å². The van der Waals surface area contributed by atoms with Crippen LogP contribution in [-0.2, 0) is 5.41 Å². The average molecular weight is 205 g/mol. The van der Waals surface area contributed by atoms with Gasteiger partial charge in [-0.15, -0.1) is 0 Å². The van der Waals surface area contributed by atoms with Gasteiger partial charge in [-0.1, -0.05) is 40.7 Å². The Labute approximate surface area is 93.9 Å². The number of pyridine rings is 1. The van der Waals surface area contributed by atoms with E-state index in [4.69, 9.17) is 0 Å². The second-order valence-electron chi connectivity index (χ2n) is 5.39. The molecule has 0 N–H and O–H groups in total. The maximum atomic E-state index is 4.53. The molecule has 1 aromatic heterocycles. The molecule has 1 nitrogen and oxygen atoms in total. The van der Waals surface area contributed by atoms with E-state index >= 15 is 0 Å². The van der Waals surface area contributed by atoms with Crippen molar-refractivity contribution in [1.29, 1.82) is 0 Å². The lowest BCUT2D eigenvalue weighted by molar-refractivity contribution is 0.269. The molecule has 0 radical (unpaired) electrons. The fraction of sp³-hybridized carbons (Fsp3) is 0.643. The molecule has 0 spiro atoms. The van der Waals surface area contributed by atoms with Crippen LogP contribution in [0.3, 0.4) is 0 Å². The van der Waals surface area contributed by atoms with Gasteiger partial charge in [-0.3, -0.25) is 4.98 Å². The van der Waals surface area contributed by atoms with Gasteiger partial charge in [0.1, 0.15) is 0 Å². The number of aromatic nitrogens is 1. The SMILES string of the molecule is CC(C)CC(C)(c1ccccn1)C(C)C. The monoisotopic (exact) mass is 205 g/mol. The van der Waals surface area contributed by atoms with Crippen molar-refractivity contribution in [2.24, 2.45) is 11.8 Å². The highest BCUT2D eigenvalue weighted by atomic mass is 14.7. The maximum Gasteiger partial charge on any atom is 0.0465 e. The summed E-state index contributed by atoms with van der Waals surface area (Å²) in [6, 6.07) is 6.23. The summed E-state index contributed by atoms with van der Waals surface area (Å²) in [5.41, 5.74) is 1.43. The van der Waals surface area contributed by atoms with Gasteiger partial charge in [-0.05, 0) is 30.4 Å². The van der Waals surface area contributed by atoms with Crippen LogP contribution in [0.2, 0.25) is 0 Å². The summed E-state index contributed by atoms with van der Waals surface area (Å²) in [5, 5.41) is 0. The maximum absolute atomic E-state index is 4.53. The first-order chi connectivity index (χ1) is 6.97. The minimum atomic E-state index is 0.204. The standard InChI is InChI=1S/C14H23N/c1-11(2)10-14(5,12(3)4)13-8-6-7-9-15-13/h6-9,11-12H,10H2,1-5H3. The molecule has 1 heterocycles. The van der Waals surface area contributed by atoms with E-state index in [0.29, 0.717) is 11.8 Å². The Morgan fingerprint density at radius 1 is 1.20 bits per heavy atom. The van der Waals surface area contributed by atoms with E-state index in [1.165, 1.54) is 12.1 Å². The first-order valence-electron chi connectivity index (χ1n) is 5.88. The first-order valence-corrected chi connectivity index (χ1v) is 5.88. The van der Waals surface area contributed by atoms with E-state index in [1.807, 2.05) is 12.3 Å². The molecule has 0 saturated carbocycles. The zero-order valence-corrected chi connectivity index (χ0v) is 10.6. The van der Waals surface area contributed by atoms with E-state index < -0.39 is 0 Å². The topological polar surface area (TPSA) is 12.9 Å². The summed E-state index contributed by atoms with van der Waals surface area (Å²) < 4.78 is 0. The van der Waals surface area contributed by atoms with Gasteiger partial charge in [-0.25, -0.2) is 0 Å². The molecule has 0 amide bonds. The molecule has 0 fully saturated rings. The van der Waals surface area contributed by atoms with Gasteiger partial charge in [0.25, 0.3) is 0 Å². The molecule has 1 atom stereocenters. The molecule has 0 aliphatic heterocycles. The summed E-state index contributed by atoms with van der Waals surface area (Å²) in [4.78, 5) is 4.53. The van der Waals surface area contributed by atoms with Gasteiger partial charge in [0, 0.05) is 17.3 Å². The molecule has 0 aliphatic carbocycles. The van der Waals surface area contributed by atoms with Crippen LogP contribution >= 0.6 is 0 Å². The summed E-state index contributed by atoms with van der Waals surface area (Å²) in [5.74, 6) is 1.33. The Bertz CT molecular complexity index is 289. The van der Waals surface area contributed by atoms with E-state index in [0.717, 1.165) is 0 Å². The van der Waals surface area contributed by atoms with Crippen LogP contribution in [0.5, 0.6) is 0 Å². The molecule has 1 unspecified atom stereocenters. The quantitative estimate of drug-likeness (QED) is 0.723. The zero-order valence-electron chi connectivity index (χ0n) is 10.6. The summed E-state index contributed by atoms with van der Waals surface area (Å²) in [6.07, 6.45) is 3.10. The molecule has 1 rings (SSSR count). The van der Waals surface area contributed by atoms with Crippen molar-refractivity contribution >= 4 is 0 Å². The van der Waals surface area contributed by atoms with E-state index in [2.05, 4.69) is 51.7 Å². The summed E-state index contributed by atoms with van der Waals surface area (Å²) in [6.45, 7) is 11.5. The molecule has 15 heavy (non-hydrogen) atoms. The number of hydrogen-bond donors (Lipinski definition) is 0. The van der Waals surface area contributed by atoms with Crippen LogP contribution in [0.25, 0.3) is 0 Å². The Balaban J connectivity index is 3.02. The van der Waals surface area contributed by atoms with Gasteiger partial charge in [0.2, 0.25) is 0 Å². The number of rotatable bonds is 4. The van der Waals surface area contributed by atoms with Crippen molar-refractivity contribution in [1.82, 2.24) is 4.98 Å². The smallest absolute Gasteiger partial charge is 0.0465 e. The van der Waals surface area contributed by atoms with Gasteiger partial charge >= 0.3 is 0 Å². The minimum absolute atomic E-state index is 0.204. The summed E-state index contributed by atoms with van der Waals surface area (Å²) >= 11 is 0. The van der Waals surface area contributed by atoms with Gasteiger partial charge < -0.3 is 0 Å².